The van der Waals surface area contributed by atoms with Gasteiger partial charge in [-0.3, -0.25) is 9.69 Å². The summed E-state index contributed by atoms with van der Waals surface area (Å²) in [6.45, 7) is 3.54. The zero-order valence-electron chi connectivity index (χ0n) is 28.2. The summed E-state index contributed by atoms with van der Waals surface area (Å²) < 4.78 is 78.3. The Kier molecular flexibility index (Phi) is 10.1. The zero-order chi connectivity index (χ0) is 36.3. The molecule has 0 bridgehead atoms. The van der Waals surface area contributed by atoms with Crippen molar-refractivity contribution in [2.24, 2.45) is 7.05 Å². The third-order valence-electron chi connectivity index (χ3n) is 8.62. The Labute approximate surface area is 294 Å². The molecule has 0 atom stereocenters. The number of carbonyl (C=O) groups is 1. The van der Waals surface area contributed by atoms with Crippen molar-refractivity contribution < 1.29 is 35.9 Å². The number of halogens is 3. The van der Waals surface area contributed by atoms with Crippen LogP contribution in [-0.2, 0) is 23.2 Å². The number of hydrogen-bond donors (Lipinski definition) is 0. The van der Waals surface area contributed by atoms with Crippen LogP contribution in [0.1, 0.15) is 21.6 Å². The summed E-state index contributed by atoms with van der Waals surface area (Å²) in [5.41, 5.74) is 1.76. The van der Waals surface area contributed by atoms with E-state index in [4.69, 9.17) is 9.47 Å². The zero-order valence-corrected chi connectivity index (χ0v) is 29.0. The van der Waals surface area contributed by atoms with Crippen LogP contribution in [0.5, 0.6) is 17.4 Å². The lowest BCUT2D eigenvalue weighted by atomic mass is 10.2. The molecule has 1 aliphatic rings. The molecule has 5 aromatic rings. The van der Waals surface area contributed by atoms with Crippen molar-refractivity contribution in [3.63, 3.8) is 0 Å². The van der Waals surface area contributed by atoms with Gasteiger partial charge in [0.05, 0.1) is 36.5 Å². The van der Waals surface area contributed by atoms with Crippen LogP contribution < -0.4 is 13.8 Å². The molecule has 3 aromatic carbocycles. The molecule has 2 aromatic heterocycles. The highest BCUT2D eigenvalue weighted by Crippen LogP contribution is 2.34. The van der Waals surface area contributed by atoms with Crippen molar-refractivity contribution in [2.75, 3.05) is 50.4 Å². The normalized spacial score (nSPS) is 14.3. The number of aromatic nitrogens is 2. The van der Waals surface area contributed by atoms with E-state index in [1.807, 2.05) is 52.9 Å². The van der Waals surface area contributed by atoms with Gasteiger partial charge in [-0.15, -0.1) is 0 Å². The highest BCUT2D eigenvalue weighted by molar-refractivity contribution is 7.92. The van der Waals surface area contributed by atoms with Crippen LogP contribution in [0.2, 0.25) is 0 Å². The number of sulfonamides is 1. The molecule has 6 rings (SSSR count). The predicted molar refractivity (Wildman–Crippen MR) is 190 cm³/mol. The van der Waals surface area contributed by atoms with Crippen LogP contribution in [0, 0.1) is 0 Å². The number of ether oxygens (including phenoxy) is 2. The lowest BCUT2D eigenvalue weighted by Gasteiger charge is -2.34. The van der Waals surface area contributed by atoms with Crippen LogP contribution in [0.15, 0.2) is 97.2 Å². The van der Waals surface area contributed by atoms with Gasteiger partial charge in [-0.25, -0.2) is 17.7 Å². The average Bonchev–Trinajstić information content (AvgIpc) is 3.44. The summed E-state index contributed by atoms with van der Waals surface area (Å²) in [4.78, 5) is 22.0. The van der Waals surface area contributed by atoms with E-state index < -0.39 is 21.8 Å². The van der Waals surface area contributed by atoms with E-state index in [9.17, 15) is 26.4 Å². The third kappa shape index (κ3) is 8.18. The molecule has 0 saturated carbocycles. The smallest absolute Gasteiger partial charge is 0.416 e. The molecule has 266 valence electrons. The third-order valence-corrected chi connectivity index (χ3v) is 9.71. The van der Waals surface area contributed by atoms with E-state index in [2.05, 4.69) is 22.0 Å². The van der Waals surface area contributed by atoms with Gasteiger partial charge >= 0.3 is 6.18 Å². The Morgan fingerprint density at radius 3 is 2.18 bits per heavy atom. The number of aryl methyl sites for hydroxylation is 1. The molecule has 3 heterocycles. The van der Waals surface area contributed by atoms with Crippen LogP contribution >= 0.6 is 0 Å². The minimum absolute atomic E-state index is 0.0284. The predicted octanol–water partition coefficient (Wildman–Crippen LogP) is 6.96. The van der Waals surface area contributed by atoms with Crippen LogP contribution in [0.4, 0.5) is 24.5 Å². The van der Waals surface area contributed by atoms with E-state index in [0.29, 0.717) is 24.5 Å². The number of carbonyl (C=O) groups excluding carboxylic acids is 1. The summed E-state index contributed by atoms with van der Waals surface area (Å²) in [6.07, 6.45) is 1.87. The van der Waals surface area contributed by atoms with Crippen molar-refractivity contribution in [3.05, 3.63) is 114 Å². The van der Waals surface area contributed by atoms with Crippen molar-refractivity contribution in [2.45, 2.75) is 6.18 Å². The standard InChI is InChI=1S/C37H36F3N5O5S/c1-42-33-16-15-32(50-35-17-12-30(25-41-35)45(51(3,47)48)29-10-8-28(9-11-29)37(38,39)40)23-27(33)24-34(42)36(46)44-21-19-43(20-22-44)18-4-5-26-6-13-31(49-2)14-7-26/h4-17,23-25H,18-22H2,1-3H3/b5-4+. The highest BCUT2D eigenvalue weighted by Gasteiger charge is 2.31. The molecule has 1 aliphatic heterocycles. The number of anilines is 2. The Bertz CT molecular complexity index is 2140. The Balaban J connectivity index is 1.09. The molecule has 14 heteroatoms. The van der Waals surface area contributed by atoms with Gasteiger partial charge in [0, 0.05) is 56.7 Å². The molecule has 0 N–H and O–H groups in total. The lowest BCUT2D eigenvalue weighted by molar-refractivity contribution is -0.137. The van der Waals surface area contributed by atoms with Gasteiger partial charge in [-0.1, -0.05) is 24.3 Å². The van der Waals surface area contributed by atoms with E-state index in [-0.39, 0.29) is 23.2 Å². The SMILES string of the molecule is COc1ccc(/C=C/CN2CCN(C(=O)c3cc4cc(Oc5ccc(N(c6ccc(C(F)(F)F)cc6)S(C)(=O)=O)cn5)ccc4n3C)CC2)cc1. The molecule has 0 radical (unpaired) electrons. The van der Waals surface area contributed by atoms with Gasteiger partial charge in [-0.2, -0.15) is 13.2 Å². The van der Waals surface area contributed by atoms with Crippen molar-refractivity contribution in [1.82, 2.24) is 19.4 Å². The monoisotopic (exact) mass is 719 g/mol. The number of alkyl halides is 3. The molecule has 10 nitrogen and oxygen atoms in total. The van der Waals surface area contributed by atoms with Gasteiger partial charge in [0.2, 0.25) is 15.9 Å². The van der Waals surface area contributed by atoms with E-state index in [1.165, 1.54) is 18.3 Å². The maximum atomic E-state index is 13.6. The maximum absolute atomic E-state index is 13.6. The molecule has 0 aliphatic carbocycles. The van der Waals surface area contributed by atoms with E-state index in [1.54, 1.807) is 19.2 Å². The molecule has 0 spiro atoms. The first-order chi connectivity index (χ1) is 24.3. The summed E-state index contributed by atoms with van der Waals surface area (Å²) in [5.74, 6) is 1.39. The van der Waals surface area contributed by atoms with E-state index >= 15 is 0 Å². The topological polar surface area (TPSA) is 97.2 Å². The van der Waals surface area contributed by atoms with Crippen LogP contribution in [-0.4, -0.2) is 79.8 Å². The van der Waals surface area contributed by atoms with Crippen molar-refractivity contribution >= 4 is 44.3 Å². The maximum Gasteiger partial charge on any atom is 0.416 e. The fourth-order valence-corrected chi connectivity index (χ4v) is 6.93. The number of fused-ring (bicyclic) bond motifs is 1. The summed E-state index contributed by atoms with van der Waals surface area (Å²) in [7, 11) is -0.430. The van der Waals surface area contributed by atoms with Gasteiger partial charge in [0.1, 0.15) is 17.2 Å². The highest BCUT2D eigenvalue weighted by atomic mass is 32.2. The fraction of sp³-hybridized carbons (Fsp3) is 0.243. The fourth-order valence-electron chi connectivity index (χ4n) is 5.94. The second-order valence-electron chi connectivity index (χ2n) is 12.1. The van der Waals surface area contributed by atoms with Gasteiger partial charge in [0.25, 0.3) is 5.91 Å². The van der Waals surface area contributed by atoms with Crippen molar-refractivity contribution in [1.29, 1.82) is 0 Å². The molecule has 1 amide bonds. The first-order valence-corrected chi connectivity index (χ1v) is 17.9. The summed E-state index contributed by atoms with van der Waals surface area (Å²) in [5, 5.41) is 0.794. The molecule has 1 saturated heterocycles. The first kappa shape index (κ1) is 35.5. The molecule has 0 unspecified atom stereocenters. The Morgan fingerprint density at radius 1 is 0.902 bits per heavy atom. The molecular formula is C37H36F3N5O5S. The lowest BCUT2D eigenvalue weighted by Crippen LogP contribution is -2.48. The Morgan fingerprint density at radius 2 is 1.57 bits per heavy atom. The van der Waals surface area contributed by atoms with E-state index in [0.717, 1.165) is 76.7 Å². The first-order valence-electron chi connectivity index (χ1n) is 16.0. The van der Waals surface area contributed by atoms with Gasteiger partial charge in [-0.05, 0) is 72.3 Å². The quantitative estimate of drug-likeness (QED) is 0.154. The van der Waals surface area contributed by atoms with Crippen LogP contribution in [0.25, 0.3) is 17.0 Å². The van der Waals surface area contributed by atoms with Crippen LogP contribution in [0.3, 0.4) is 0 Å². The second kappa shape index (κ2) is 14.5. The summed E-state index contributed by atoms with van der Waals surface area (Å²) in [6, 6.07) is 21.8. The number of hydrogen-bond acceptors (Lipinski definition) is 7. The number of methoxy groups -OCH3 is 1. The largest absolute Gasteiger partial charge is 0.497 e. The number of rotatable bonds is 10. The minimum atomic E-state index is -4.55. The number of nitrogens with zero attached hydrogens (tertiary/aromatic N) is 5. The number of benzene rings is 3. The molecular weight excluding hydrogens is 683 g/mol. The number of piperazine rings is 1. The summed E-state index contributed by atoms with van der Waals surface area (Å²) >= 11 is 0. The number of pyridine rings is 1. The van der Waals surface area contributed by atoms with Gasteiger partial charge in [0.15, 0.2) is 0 Å². The van der Waals surface area contributed by atoms with Crippen molar-refractivity contribution in [3.8, 4) is 17.4 Å². The second-order valence-corrected chi connectivity index (χ2v) is 13.9. The minimum Gasteiger partial charge on any atom is -0.497 e. The number of amides is 1. The Hall–Kier alpha value is -5.34. The molecule has 1 fully saturated rings. The average molecular weight is 720 g/mol. The molecule has 51 heavy (non-hydrogen) atoms. The van der Waals surface area contributed by atoms with Gasteiger partial charge < -0.3 is 18.9 Å².